The molecule has 0 aromatic carbocycles. The van der Waals surface area contributed by atoms with Gasteiger partial charge in [0.15, 0.2) is 0 Å². The van der Waals surface area contributed by atoms with Gasteiger partial charge < -0.3 is 9.73 Å². The molecule has 0 radical (unpaired) electrons. The van der Waals surface area contributed by atoms with E-state index in [0.29, 0.717) is 36.5 Å². The van der Waals surface area contributed by atoms with Gasteiger partial charge in [-0.1, -0.05) is 5.10 Å². The zero-order valence-electron chi connectivity index (χ0n) is 8.53. The van der Waals surface area contributed by atoms with E-state index in [1.807, 2.05) is 0 Å². The molecule has 0 saturated heterocycles. The van der Waals surface area contributed by atoms with Crippen molar-refractivity contribution in [3.8, 4) is 0 Å². The number of nitrogens with zero attached hydrogens (tertiary/aromatic N) is 2. The van der Waals surface area contributed by atoms with Gasteiger partial charge in [0.25, 0.3) is 0 Å². The SMILES string of the molecule is CS(=O)CCCNc1nnc(CCCl)o1. The van der Waals surface area contributed by atoms with Crippen LogP contribution in [0.1, 0.15) is 12.3 Å². The van der Waals surface area contributed by atoms with Gasteiger partial charge in [-0.2, -0.15) is 0 Å². The normalized spacial score (nSPS) is 12.7. The van der Waals surface area contributed by atoms with Crippen molar-refractivity contribution < 1.29 is 8.63 Å². The van der Waals surface area contributed by atoms with Crippen molar-refractivity contribution in [2.24, 2.45) is 0 Å². The first kappa shape index (κ1) is 12.4. The van der Waals surface area contributed by atoms with Crippen molar-refractivity contribution in [2.75, 3.05) is 29.8 Å². The molecule has 86 valence electrons. The Labute approximate surface area is 96.1 Å². The maximum absolute atomic E-state index is 10.8. The number of anilines is 1. The first-order valence-corrected chi connectivity index (χ1v) is 6.91. The molecule has 15 heavy (non-hydrogen) atoms. The van der Waals surface area contributed by atoms with Gasteiger partial charge in [0.1, 0.15) is 0 Å². The largest absolute Gasteiger partial charge is 0.408 e. The lowest BCUT2D eigenvalue weighted by Crippen LogP contribution is -2.06. The Kier molecular flexibility index (Phi) is 5.63. The summed E-state index contributed by atoms with van der Waals surface area (Å²) in [6.07, 6.45) is 3.08. The number of nitrogens with one attached hydrogen (secondary N) is 1. The number of rotatable bonds is 7. The summed E-state index contributed by atoms with van der Waals surface area (Å²) in [4.78, 5) is 0. The molecule has 1 unspecified atom stereocenters. The summed E-state index contributed by atoms with van der Waals surface area (Å²) in [7, 11) is -0.745. The zero-order chi connectivity index (χ0) is 11.1. The van der Waals surface area contributed by atoms with Crippen LogP contribution in [0.15, 0.2) is 4.42 Å². The van der Waals surface area contributed by atoms with E-state index < -0.39 is 10.8 Å². The molecule has 1 atom stereocenters. The molecule has 5 nitrogen and oxygen atoms in total. The Morgan fingerprint density at radius 3 is 3.00 bits per heavy atom. The van der Waals surface area contributed by atoms with E-state index in [0.717, 1.165) is 6.42 Å². The maximum atomic E-state index is 10.8. The molecule has 0 aliphatic rings. The minimum absolute atomic E-state index is 0.400. The molecule has 0 bridgehead atoms. The van der Waals surface area contributed by atoms with E-state index in [1.54, 1.807) is 6.26 Å². The molecule has 7 heteroatoms. The van der Waals surface area contributed by atoms with Crippen LogP contribution < -0.4 is 5.32 Å². The lowest BCUT2D eigenvalue weighted by molar-refractivity contribution is 0.512. The summed E-state index contributed by atoms with van der Waals surface area (Å²) in [5.74, 6) is 1.68. The monoisotopic (exact) mass is 251 g/mol. The molecule has 0 amide bonds. The Morgan fingerprint density at radius 1 is 1.53 bits per heavy atom. The van der Waals surface area contributed by atoms with Gasteiger partial charge in [0.05, 0.1) is 0 Å². The fraction of sp³-hybridized carbons (Fsp3) is 0.750. The minimum Gasteiger partial charge on any atom is -0.408 e. The highest BCUT2D eigenvalue weighted by Crippen LogP contribution is 2.06. The van der Waals surface area contributed by atoms with Crippen LogP contribution in [0, 0.1) is 0 Å². The van der Waals surface area contributed by atoms with Crippen LogP contribution in [0.4, 0.5) is 6.01 Å². The first-order valence-electron chi connectivity index (χ1n) is 4.64. The second-order valence-corrected chi connectivity index (χ2v) is 4.93. The van der Waals surface area contributed by atoms with E-state index >= 15 is 0 Å². The van der Waals surface area contributed by atoms with Gasteiger partial charge in [-0.3, -0.25) is 4.21 Å². The molecule has 1 rings (SSSR count). The van der Waals surface area contributed by atoms with Crippen LogP contribution in [0.3, 0.4) is 0 Å². The minimum atomic E-state index is -0.745. The van der Waals surface area contributed by atoms with Crippen LogP contribution in [0.25, 0.3) is 0 Å². The molecule has 1 aromatic rings. The predicted molar refractivity (Wildman–Crippen MR) is 60.8 cm³/mol. The molecule has 0 aliphatic carbocycles. The summed E-state index contributed by atoms with van der Waals surface area (Å²) in [5, 5.41) is 10.5. The van der Waals surface area contributed by atoms with Crippen LogP contribution in [-0.2, 0) is 17.2 Å². The van der Waals surface area contributed by atoms with Crippen molar-refractivity contribution in [2.45, 2.75) is 12.8 Å². The highest BCUT2D eigenvalue weighted by molar-refractivity contribution is 7.84. The number of aryl methyl sites for hydroxylation is 1. The van der Waals surface area contributed by atoms with E-state index in [-0.39, 0.29) is 0 Å². The molecule has 1 heterocycles. The van der Waals surface area contributed by atoms with E-state index in [9.17, 15) is 4.21 Å². The Bertz CT molecular complexity index is 319. The molecule has 0 fully saturated rings. The quantitative estimate of drug-likeness (QED) is 0.579. The van der Waals surface area contributed by atoms with Crippen LogP contribution in [0.2, 0.25) is 0 Å². The van der Waals surface area contributed by atoms with E-state index in [1.165, 1.54) is 0 Å². The highest BCUT2D eigenvalue weighted by atomic mass is 35.5. The number of halogens is 1. The van der Waals surface area contributed by atoms with Crippen molar-refractivity contribution in [1.82, 2.24) is 10.2 Å². The van der Waals surface area contributed by atoms with Gasteiger partial charge in [0, 0.05) is 41.7 Å². The maximum Gasteiger partial charge on any atom is 0.315 e. The van der Waals surface area contributed by atoms with Crippen molar-refractivity contribution in [3.63, 3.8) is 0 Å². The summed E-state index contributed by atoms with van der Waals surface area (Å²) in [6.45, 7) is 0.683. The van der Waals surface area contributed by atoms with Gasteiger partial charge in [-0.25, -0.2) is 0 Å². The molecule has 0 spiro atoms. The third kappa shape index (κ3) is 5.13. The van der Waals surface area contributed by atoms with E-state index in [4.69, 9.17) is 16.0 Å². The lowest BCUT2D eigenvalue weighted by atomic mass is 10.5. The topological polar surface area (TPSA) is 68.0 Å². The van der Waals surface area contributed by atoms with Crippen LogP contribution in [-0.4, -0.2) is 38.8 Å². The lowest BCUT2D eigenvalue weighted by Gasteiger charge is -1.98. The van der Waals surface area contributed by atoms with Crippen molar-refractivity contribution in [1.29, 1.82) is 0 Å². The number of hydrogen-bond acceptors (Lipinski definition) is 5. The Hall–Kier alpha value is -0.620. The second kappa shape index (κ2) is 6.79. The van der Waals surface area contributed by atoms with Gasteiger partial charge >= 0.3 is 6.01 Å². The molecule has 1 N–H and O–H groups in total. The first-order chi connectivity index (χ1) is 7.22. The van der Waals surface area contributed by atoms with Crippen LogP contribution in [0.5, 0.6) is 0 Å². The predicted octanol–water partition coefficient (Wildman–Crippen LogP) is 1.03. The Morgan fingerprint density at radius 2 is 2.33 bits per heavy atom. The molecule has 0 aliphatic heterocycles. The number of hydrogen-bond donors (Lipinski definition) is 1. The van der Waals surface area contributed by atoms with Crippen molar-refractivity contribution >= 4 is 28.4 Å². The fourth-order valence-electron chi connectivity index (χ4n) is 0.978. The summed E-state index contributed by atoms with van der Waals surface area (Å²) < 4.78 is 16.0. The fourth-order valence-corrected chi connectivity index (χ4v) is 1.69. The van der Waals surface area contributed by atoms with Gasteiger partial charge in [0.2, 0.25) is 5.89 Å². The molecule has 0 saturated carbocycles. The molecular formula is C8H14ClN3O2S. The molecule has 1 aromatic heterocycles. The van der Waals surface area contributed by atoms with Crippen LogP contribution >= 0.6 is 11.6 Å². The highest BCUT2D eigenvalue weighted by Gasteiger charge is 2.03. The summed E-state index contributed by atoms with van der Waals surface area (Å²) in [6, 6.07) is 0.400. The van der Waals surface area contributed by atoms with Gasteiger partial charge in [-0.15, -0.1) is 16.7 Å². The van der Waals surface area contributed by atoms with Gasteiger partial charge in [-0.05, 0) is 6.42 Å². The Balaban J connectivity index is 2.22. The smallest absolute Gasteiger partial charge is 0.315 e. The standard InChI is InChI=1S/C8H14ClN3O2S/c1-15(13)6-2-5-10-8-12-11-7(14-8)3-4-9/h2-6H2,1H3,(H,10,12). The van der Waals surface area contributed by atoms with Crippen molar-refractivity contribution in [3.05, 3.63) is 5.89 Å². The summed E-state index contributed by atoms with van der Waals surface area (Å²) in [5.41, 5.74) is 0. The third-order valence-electron chi connectivity index (χ3n) is 1.66. The van der Waals surface area contributed by atoms with E-state index in [2.05, 4.69) is 15.5 Å². The third-order valence-corrected chi connectivity index (χ3v) is 2.71. The average molecular weight is 252 g/mol. The zero-order valence-corrected chi connectivity index (χ0v) is 10.1. The second-order valence-electron chi connectivity index (χ2n) is 3.00. The molecular weight excluding hydrogens is 238 g/mol. The average Bonchev–Trinajstić information content (AvgIpc) is 2.61. The number of aromatic nitrogens is 2. The summed E-state index contributed by atoms with van der Waals surface area (Å²) >= 11 is 5.52. The number of alkyl halides is 1.